The summed E-state index contributed by atoms with van der Waals surface area (Å²) in [5, 5.41) is 6.10. The number of hydrogen-bond donors (Lipinski definition) is 1. The Morgan fingerprint density at radius 3 is 2.73 bits per heavy atom. The highest BCUT2D eigenvalue weighted by atomic mass is 32.1. The van der Waals surface area contributed by atoms with Crippen LogP contribution in [0.4, 0.5) is 5.69 Å². The van der Waals surface area contributed by atoms with Gasteiger partial charge in [-0.05, 0) is 38.8 Å². The van der Waals surface area contributed by atoms with E-state index >= 15 is 0 Å². The average molecular weight is 315 g/mol. The van der Waals surface area contributed by atoms with Crippen molar-refractivity contribution in [3.05, 3.63) is 45.9 Å². The van der Waals surface area contributed by atoms with Crippen molar-refractivity contribution in [2.75, 3.05) is 18.0 Å². The molecule has 0 spiro atoms. The van der Waals surface area contributed by atoms with E-state index in [4.69, 9.17) is 0 Å². The zero-order valence-corrected chi connectivity index (χ0v) is 13.8. The van der Waals surface area contributed by atoms with Gasteiger partial charge in [0.15, 0.2) is 0 Å². The van der Waals surface area contributed by atoms with Crippen LogP contribution in [0.5, 0.6) is 0 Å². The van der Waals surface area contributed by atoms with E-state index in [1.54, 1.807) is 11.3 Å². The minimum Gasteiger partial charge on any atom is -0.371 e. The van der Waals surface area contributed by atoms with E-state index in [1.165, 1.54) is 12.8 Å². The van der Waals surface area contributed by atoms with Gasteiger partial charge < -0.3 is 10.2 Å². The van der Waals surface area contributed by atoms with Gasteiger partial charge in [0.2, 0.25) is 0 Å². The Morgan fingerprint density at radius 2 is 2.05 bits per heavy atom. The number of nitrogens with one attached hydrogen (secondary N) is 1. The van der Waals surface area contributed by atoms with Gasteiger partial charge in [-0.1, -0.05) is 12.1 Å². The molecular formula is C17H21N3OS. The molecule has 0 unspecified atom stereocenters. The predicted molar refractivity (Wildman–Crippen MR) is 90.6 cm³/mol. The maximum Gasteiger partial charge on any atom is 0.253 e. The number of aryl methyl sites for hydroxylation is 1. The van der Waals surface area contributed by atoms with Gasteiger partial charge >= 0.3 is 0 Å². The van der Waals surface area contributed by atoms with Gasteiger partial charge in [-0.3, -0.25) is 4.79 Å². The van der Waals surface area contributed by atoms with Crippen LogP contribution in [0.25, 0.3) is 0 Å². The molecule has 2 aromatic rings. The SMILES string of the molecule is Cc1nc([C@H](C)NC(=O)c2ccccc2N2CCCC2)cs1. The van der Waals surface area contributed by atoms with E-state index in [0.29, 0.717) is 0 Å². The maximum atomic E-state index is 12.7. The molecule has 116 valence electrons. The molecule has 0 aliphatic carbocycles. The third kappa shape index (κ3) is 3.14. The Bertz CT molecular complexity index is 661. The Morgan fingerprint density at radius 1 is 1.32 bits per heavy atom. The summed E-state index contributed by atoms with van der Waals surface area (Å²) in [6.45, 7) is 6.02. The molecule has 4 nitrogen and oxygen atoms in total. The summed E-state index contributed by atoms with van der Waals surface area (Å²) in [7, 11) is 0. The molecule has 0 saturated carbocycles. The van der Waals surface area contributed by atoms with Gasteiger partial charge in [0.1, 0.15) is 0 Å². The number of thiazole rings is 1. The van der Waals surface area contributed by atoms with Crippen molar-refractivity contribution in [2.24, 2.45) is 0 Å². The second-order valence-electron chi connectivity index (χ2n) is 5.70. The van der Waals surface area contributed by atoms with Gasteiger partial charge in [-0.2, -0.15) is 0 Å². The lowest BCUT2D eigenvalue weighted by Crippen LogP contribution is -2.29. The standard InChI is InChI=1S/C17H21N3OS/c1-12(15-11-22-13(2)19-15)18-17(21)14-7-3-4-8-16(14)20-9-5-6-10-20/h3-4,7-8,11-12H,5-6,9-10H2,1-2H3,(H,18,21)/t12-/m0/s1. The van der Waals surface area contributed by atoms with Gasteiger partial charge in [0.05, 0.1) is 22.3 Å². The van der Waals surface area contributed by atoms with Gasteiger partial charge in [-0.25, -0.2) is 4.98 Å². The normalized spacial score (nSPS) is 15.8. The highest BCUT2D eigenvalue weighted by Crippen LogP contribution is 2.25. The van der Waals surface area contributed by atoms with Gasteiger partial charge in [0.25, 0.3) is 5.91 Å². The van der Waals surface area contributed by atoms with Crippen LogP contribution in [0.15, 0.2) is 29.6 Å². The molecule has 1 saturated heterocycles. The molecule has 1 fully saturated rings. The van der Waals surface area contributed by atoms with Crippen LogP contribution in [0, 0.1) is 6.92 Å². The Balaban J connectivity index is 1.77. The molecule has 3 rings (SSSR count). The van der Waals surface area contributed by atoms with Crippen molar-refractivity contribution in [3.63, 3.8) is 0 Å². The maximum absolute atomic E-state index is 12.7. The molecule has 1 N–H and O–H groups in total. The first-order valence-corrected chi connectivity index (χ1v) is 8.60. The first-order chi connectivity index (χ1) is 10.6. The van der Waals surface area contributed by atoms with E-state index in [-0.39, 0.29) is 11.9 Å². The molecule has 2 heterocycles. The summed E-state index contributed by atoms with van der Waals surface area (Å²) >= 11 is 1.61. The van der Waals surface area contributed by atoms with Crippen LogP contribution in [0.3, 0.4) is 0 Å². The summed E-state index contributed by atoms with van der Waals surface area (Å²) in [4.78, 5) is 19.4. The van der Waals surface area contributed by atoms with Crippen LogP contribution < -0.4 is 10.2 Å². The van der Waals surface area contributed by atoms with E-state index < -0.39 is 0 Å². The van der Waals surface area contributed by atoms with Crippen molar-refractivity contribution >= 4 is 22.9 Å². The number of para-hydroxylation sites is 1. The second kappa shape index (κ2) is 6.48. The van der Waals surface area contributed by atoms with Crippen LogP contribution in [-0.2, 0) is 0 Å². The lowest BCUT2D eigenvalue weighted by molar-refractivity contribution is 0.0939. The number of aromatic nitrogens is 1. The molecule has 1 aromatic carbocycles. The van der Waals surface area contributed by atoms with E-state index in [9.17, 15) is 4.79 Å². The quantitative estimate of drug-likeness (QED) is 0.938. The zero-order chi connectivity index (χ0) is 15.5. The number of benzene rings is 1. The molecule has 1 atom stereocenters. The summed E-state index contributed by atoms with van der Waals surface area (Å²) in [6.07, 6.45) is 2.40. The Hall–Kier alpha value is -1.88. The summed E-state index contributed by atoms with van der Waals surface area (Å²) in [5.74, 6) is -0.0272. The minimum absolute atomic E-state index is 0.0272. The average Bonchev–Trinajstić information content (AvgIpc) is 3.18. The Labute approximate surface area is 135 Å². The number of amides is 1. The predicted octanol–water partition coefficient (Wildman–Crippen LogP) is 3.54. The lowest BCUT2D eigenvalue weighted by atomic mass is 10.1. The molecule has 1 aliphatic heterocycles. The van der Waals surface area contributed by atoms with Crippen LogP contribution in [0.2, 0.25) is 0 Å². The molecule has 0 bridgehead atoms. The molecule has 22 heavy (non-hydrogen) atoms. The van der Waals surface area contributed by atoms with Gasteiger partial charge in [-0.15, -0.1) is 11.3 Å². The van der Waals surface area contributed by atoms with E-state index in [0.717, 1.165) is 35.0 Å². The zero-order valence-electron chi connectivity index (χ0n) is 13.0. The first-order valence-electron chi connectivity index (χ1n) is 7.72. The van der Waals surface area contributed by atoms with Crippen LogP contribution in [0.1, 0.15) is 46.9 Å². The number of nitrogens with zero attached hydrogens (tertiary/aromatic N) is 2. The number of hydrogen-bond acceptors (Lipinski definition) is 4. The number of rotatable bonds is 4. The third-order valence-electron chi connectivity index (χ3n) is 4.02. The van der Waals surface area contributed by atoms with Crippen molar-refractivity contribution in [1.29, 1.82) is 0 Å². The number of carbonyl (C=O) groups excluding carboxylic acids is 1. The summed E-state index contributed by atoms with van der Waals surface area (Å²) in [6, 6.07) is 7.79. The summed E-state index contributed by atoms with van der Waals surface area (Å²) < 4.78 is 0. The molecule has 1 amide bonds. The lowest BCUT2D eigenvalue weighted by Gasteiger charge is -2.21. The van der Waals surface area contributed by atoms with Crippen LogP contribution >= 0.6 is 11.3 Å². The Kier molecular flexibility index (Phi) is 4.43. The number of carbonyl (C=O) groups is 1. The first kappa shape index (κ1) is 15.0. The van der Waals surface area contributed by atoms with E-state index in [1.807, 2.05) is 43.5 Å². The van der Waals surface area contributed by atoms with Crippen LogP contribution in [-0.4, -0.2) is 24.0 Å². The fourth-order valence-corrected chi connectivity index (χ4v) is 3.53. The van der Waals surface area contributed by atoms with Crippen molar-refractivity contribution in [2.45, 2.75) is 32.7 Å². The fourth-order valence-electron chi connectivity index (χ4n) is 2.83. The largest absolute Gasteiger partial charge is 0.371 e. The number of anilines is 1. The van der Waals surface area contributed by atoms with Gasteiger partial charge in [0, 0.05) is 24.2 Å². The minimum atomic E-state index is -0.0796. The fraction of sp³-hybridized carbons (Fsp3) is 0.412. The topological polar surface area (TPSA) is 45.2 Å². The van der Waals surface area contributed by atoms with Crippen molar-refractivity contribution in [3.8, 4) is 0 Å². The molecule has 1 aromatic heterocycles. The molecular weight excluding hydrogens is 294 g/mol. The van der Waals surface area contributed by atoms with Crippen molar-refractivity contribution < 1.29 is 4.79 Å². The second-order valence-corrected chi connectivity index (χ2v) is 6.76. The highest BCUT2D eigenvalue weighted by Gasteiger charge is 2.20. The molecule has 1 aliphatic rings. The monoisotopic (exact) mass is 315 g/mol. The highest BCUT2D eigenvalue weighted by molar-refractivity contribution is 7.09. The van der Waals surface area contributed by atoms with Crippen molar-refractivity contribution in [1.82, 2.24) is 10.3 Å². The third-order valence-corrected chi connectivity index (χ3v) is 4.82. The molecule has 0 radical (unpaired) electrons. The smallest absolute Gasteiger partial charge is 0.253 e. The molecule has 5 heteroatoms. The summed E-state index contributed by atoms with van der Waals surface area (Å²) in [5.41, 5.74) is 2.72. The van der Waals surface area contributed by atoms with E-state index in [2.05, 4.69) is 15.2 Å².